The number of benzene rings is 1. The van der Waals surface area contributed by atoms with Gasteiger partial charge in [-0.25, -0.2) is 0 Å². The number of nitrogens with one attached hydrogen (secondary N) is 1. The van der Waals surface area contributed by atoms with E-state index in [1.54, 1.807) is 30.3 Å². The average Bonchev–Trinajstić information content (AvgIpc) is 2.98. The number of carbonyl (C=O) groups is 1. The number of amides is 1. The second-order valence-corrected chi connectivity index (χ2v) is 4.91. The van der Waals surface area contributed by atoms with Gasteiger partial charge in [0.25, 0.3) is 5.91 Å². The first-order valence-electron chi connectivity index (χ1n) is 5.89. The Labute approximate surface area is 115 Å². The lowest BCUT2D eigenvalue weighted by Gasteiger charge is -2.14. The Hall–Kier alpha value is -1.69. The van der Waals surface area contributed by atoms with Crippen molar-refractivity contribution < 1.29 is 15.0 Å². The monoisotopic (exact) mass is 277 g/mol. The van der Waals surface area contributed by atoms with Gasteiger partial charge in [0.2, 0.25) is 0 Å². The van der Waals surface area contributed by atoms with Crippen molar-refractivity contribution in [1.29, 1.82) is 0 Å². The highest BCUT2D eigenvalue weighted by molar-refractivity contribution is 7.07. The smallest absolute Gasteiger partial charge is 0.253 e. The van der Waals surface area contributed by atoms with E-state index in [0.29, 0.717) is 5.56 Å². The maximum absolute atomic E-state index is 11.7. The summed E-state index contributed by atoms with van der Waals surface area (Å²) in [6.45, 7) is 0.0828. The van der Waals surface area contributed by atoms with E-state index in [1.165, 1.54) is 11.3 Å². The van der Waals surface area contributed by atoms with E-state index in [2.05, 4.69) is 5.32 Å². The molecule has 0 radical (unpaired) electrons. The lowest BCUT2D eigenvalue weighted by atomic mass is 10.1. The molecule has 1 aromatic heterocycles. The first kappa shape index (κ1) is 13.7. The van der Waals surface area contributed by atoms with Crippen molar-refractivity contribution in [2.45, 2.75) is 12.2 Å². The Morgan fingerprint density at radius 1 is 1.16 bits per heavy atom. The normalized spacial score (nSPS) is 13.8. The van der Waals surface area contributed by atoms with Gasteiger partial charge in [-0.2, -0.15) is 11.3 Å². The van der Waals surface area contributed by atoms with Gasteiger partial charge in [0.1, 0.15) is 0 Å². The van der Waals surface area contributed by atoms with Gasteiger partial charge in [-0.3, -0.25) is 4.79 Å². The summed E-state index contributed by atoms with van der Waals surface area (Å²) in [7, 11) is 0. The van der Waals surface area contributed by atoms with Crippen LogP contribution in [0.4, 0.5) is 0 Å². The molecule has 5 heteroatoms. The van der Waals surface area contributed by atoms with Crippen LogP contribution in [0.15, 0.2) is 47.2 Å². The third kappa shape index (κ3) is 3.64. The molecule has 2 atom stereocenters. The minimum Gasteiger partial charge on any atom is -0.387 e. The summed E-state index contributed by atoms with van der Waals surface area (Å²) >= 11 is 1.48. The summed E-state index contributed by atoms with van der Waals surface area (Å²) in [5, 5.41) is 25.9. The number of thiophene rings is 1. The molecule has 0 aliphatic carbocycles. The van der Waals surface area contributed by atoms with Crippen LogP contribution in [0.3, 0.4) is 0 Å². The molecule has 0 saturated carbocycles. The van der Waals surface area contributed by atoms with E-state index in [1.807, 2.05) is 16.8 Å². The molecule has 0 fully saturated rings. The average molecular weight is 277 g/mol. The standard InChI is InChI=1S/C14H15NO3S/c16-12(11-6-7-19-9-11)8-15-14(18)13(17)10-4-2-1-3-5-10/h1-7,9,12-13,16-17H,8H2,(H,15,18). The van der Waals surface area contributed by atoms with Crippen molar-refractivity contribution in [3.05, 3.63) is 58.3 Å². The molecular weight excluding hydrogens is 262 g/mol. The summed E-state index contributed by atoms with van der Waals surface area (Å²) in [4.78, 5) is 11.7. The van der Waals surface area contributed by atoms with Crippen LogP contribution in [0, 0.1) is 0 Å². The predicted octanol–water partition coefficient (Wildman–Crippen LogP) is 1.63. The summed E-state index contributed by atoms with van der Waals surface area (Å²) in [6.07, 6.45) is -1.96. The van der Waals surface area contributed by atoms with Crippen LogP contribution < -0.4 is 5.32 Å². The summed E-state index contributed by atoms with van der Waals surface area (Å²) in [6, 6.07) is 10.5. The molecule has 19 heavy (non-hydrogen) atoms. The summed E-state index contributed by atoms with van der Waals surface area (Å²) in [5.74, 6) is -0.513. The predicted molar refractivity (Wildman–Crippen MR) is 73.7 cm³/mol. The topological polar surface area (TPSA) is 69.6 Å². The summed E-state index contributed by atoms with van der Waals surface area (Å²) < 4.78 is 0. The first-order valence-corrected chi connectivity index (χ1v) is 6.83. The number of hydrogen-bond acceptors (Lipinski definition) is 4. The molecule has 0 aliphatic heterocycles. The Bertz CT molecular complexity index is 513. The Balaban J connectivity index is 1.88. The van der Waals surface area contributed by atoms with Gasteiger partial charge in [-0.1, -0.05) is 30.3 Å². The molecule has 3 N–H and O–H groups in total. The van der Waals surface area contributed by atoms with Crippen LogP contribution in [-0.2, 0) is 4.79 Å². The zero-order chi connectivity index (χ0) is 13.7. The van der Waals surface area contributed by atoms with Crippen LogP contribution in [0.25, 0.3) is 0 Å². The lowest BCUT2D eigenvalue weighted by Crippen LogP contribution is -2.32. The van der Waals surface area contributed by atoms with Crippen molar-refractivity contribution in [1.82, 2.24) is 5.32 Å². The maximum Gasteiger partial charge on any atom is 0.253 e. The Morgan fingerprint density at radius 3 is 2.53 bits per heavy atom. The van der Waals surface area contributed by atoms with E-state index >= 15 is 0 Å². The molecule has 0 saturated heterocycles. The Kier molecular flexibility index (Phi) is 4.68. The molecule has 2 rings (SSSR count). The van der Waals surface area contributed by atoms with Crippen molar-refractivity contribution in [2.24, 2.45) is 0 Å². The molecular formula is C14H15NO3S. The van der Waals surface area contributed by atoms with E-state index in [4.69, 9.17) is 0 Å². The third-order valence-corrected chi connectivity index (χ3v) is 3.46. The van der Waals surface area contributed by atoms with Gasteiger partial charge in [0.05, 0.1) is 6.10 Å². The fourth-order valence-corrected chi connectivity index (χ4v) is 2.37. The van der Waals surface area contributed by atoms with Crippen LogP contribution in [0.2, 0.25) is 0 Å². The molecule has 2 unspecified atom stereocenters. The van der Waals surface area contributed by atoms with Gasteiger partial charge in [-0.15, -0.1) is 0 Å². The number of rotatable bonds is 5. The van der Waals surface area contributed by atoms with E-state index in [-0.39, 0.29) is 6.54 Å². The van der Waals surface area contributed by atoms with Crippen LogP contribution in [0.5, 0.6) is 0 Å². The van der Waals surface area contributed by atoms with E-state index in [0.717, 1.165) is 5.56 Å². The minimum atomic E-state index is -1.21. The summed E-state index contributed by atoms with van der Waals surface area (Å²) in [5.41, 5.74) is 1.30. The lowest BCUT2D eigenvalue weighted by molar-refractivity contribution is -0.130. The molecule has 2 aromatic rings. The zero-order valence-corrected chi connectivity index (χ0v) is 11.0. The Morgan fingerprint density at radius 2 is 1.89 bits per heavy atom. The fraction of sp³-hybridized carbons (Fsp3) is 0.214. The van der Waals surface area contributed by atoms with E-state index < -0.39 is 18.1 Å². The first-order chi connectivity index (χ1) is 9.18. The largest absolute Gasteiger partial charge is 0.387 e. The quantitative estimate of drug-likeness (QED) is 0.778. The zero-order valence-electron chi connectivity index (χ0n) is 10.2. The number of aliphatic hydroxyl groups excluding tert-OH is 2. The maximum atomic E-state index is 11.7. The molecule has 1 amide bonds. The van der Waals surface area contributed by atoms with Crippen LogP contribution in [-0.4, -0.2) is 22.7 Å². The highest BCUT2D eigenvalue weighted by atomic mass is 32.1. The van der Waals surface area contributed by atoms with E-state index in [9.17, 15) is 15.0 Å². The van der Waals surface area contributed by atoms with Gasteiger partial charge < -0.3 is 15.5 Å². The van der Waals surface area contributed by atoms with Gasteiger partial charge >= 0.3 is 0 Å². The van der Waals surface area contributed by atoms with Crippen molar-refractivity contribution in [3.8, 4) is 0 Å². The number of aliphatic hydroxyl groups is 2. The molecule has 0 aliphatic rings. The van der Waals surface area contributed by atoms with Gasteiger partial charge in [-0.05, 0) is 28.0 Å². The fourth-order valence-electron chi connectivity index (χ4n) is 1.66. The molecule has 0 spiro atoms. The van der Waals surface area contributed by atoms with Crippen molar-refractivity contribution in [3.63, 3.8) is 0 Å². The molecule has 4 nitrogen and oxygen atoms in total. The van der Waals surface area contributed by atoms with Crippen LogP contribution >= 0.6 is 11.3 Å². The van der Waals surface area contributed by atoms with Crippen molar-refractivity contribution in [2.75, 3.05) is 6.54 Å². The van der Waals surface area contributed by atoms with Gasteiger partial charge in [0.15, 0.2) is 6.10 Å². The number of carbonyl (C=O) groups excluding carboxylic acids is 1. The second-order valence-electron chi connectivity index (χ2n) is 4.13. The third-order valence-electron chi connectivity index (χ3n) is 2.76. The molecule has 100 valence electrons. The van der Waals surface area contributed by atoms with Gasteiger partial charge in [0, 0.05) is 6.54 Å². The molecule has 1 aromatic carbocycles. The SMILES string of the molecule is O=C(NCC(O)c1ccsc1)C(O)c1ccccc1. The second kappa shape index (κ2) is 6.47. The van der Waals surface area contributed by atoms with Crippen LogP contribution in [0.1, 0.15) is 23.3 Å². The molecule has 0 bridgehead atoms. The highest BCUT2D eigenvalue weighted by Gasteiger charge is 2.18. The van der Waals surface area contributed by atoms with Crippen molar-refractivity contribution >= 4 is 17.2 Å². The minimum absolute atomic E-state index is 0.0828. The highest BCUT2D eigenvalue weighted by Crippen LogP contribution is 2.16. The number of hydrogen-bond donors (Lipinski definition) is 3. The molecule has 1 heterocycles.